The van der Waals surface area contributed by atoms with Gasteiger partial charge in [0.1, 0.15) is 17.4 Å². The highest BCUT2D eigenvalue weighted by molar-refractivity contribution is 5.91. The van der Waals surface area contributed by atoms with E-state index in [-0.39, 0.29) is 17.6 Å². The molecular formula is C18H18FN3O2. The van der Waals surface area contributed by atoms with Crippen molar-refractivity contribution in [3.63, 3.8) is 0 Å². The van der Waals surface area contributed by atoms with E-state index in [0.717, 1.165) is 0 Å². The van der Waals surface area contributed by atoms with Gasteiger partial charge in [-0.2, -0.15) is 0 Å². The normalized spacial score (nSPS) is 12.3. The molecule has 0 aliphatic heterocycles. The summed E-state index contributed by atoms with van der Waals surface area (Å²) < 4.78 is 18.8. The second kappa shape index (κ2) is 6.80. The molecule has 1 unspecified atom stereocenters. The van der Waals surface area contributed by atoms with E-state index in [9.17, 15) is 9.50 Å². The molecule has 6 heteroatoms. The molecule has 0 spiro atoms. The van der Waals surface area contributed by atoms with Crippen molar-refractivity contribution in [3.05, 3.63) is 48.3 Å². The summed E-state index contributed by atoms with van der Waals surface area (Å²) in [5.41, 5.74) is 1.11. The third-order valence-electron chi connectivity index (χ3n) is 3.60. The van der Waals surface area contributed by atoms with Crippen molar-refractivity contribution in [2.45, 2.75) is 13.0 Å². The second-order valence-corrected chi connectivity index (χ2v) is 5.58. The van der Waals surface area contributed by atoms with Crippen LogP contribution in [0.15, 0.2) is 42.5 Å². The molecule has 0 amide bonds. The molecule has 0 bridgehead atoms. The number of ether oxygens (including phenoxy) is 1. The molecule has 0 fully saturated rings. The number of methoxy groups -OCH3 is 1. The van der Waals surface area contributed by atoms with Crippen LogP contribution in [0.5, 0.6) is 5.75 Å². The molecule has 0 aliphatic carbocycles. The van der Waals surface area contributed by atoms with Crippen LogP contribution in [-0.4, -0.2) is 34.8 Å². The van der Waals surface area contributed by atoms with Crippen molar-refractivity contribution in [1.82, 2.24) is 9.97 Å². The number of aromatic nitrogens is 2. The third kappa shape index (κ3) is 3.28. The number of phenols is 1. The largest absolute Gasteiger partial charge is 0.507 e. The van der Waals surface area contributed by atoms with Gasteiger partial charge in [-0.15, -0.1) is 0 Å². The minimum Gasteiger partial charge on any atom is -0.507 e. The lowest BCUT2D eigenvalue weighted by Crippen LogP contribution is -2.22. The van der Waals surface area contributed by atoms with E-state index in [0.29, 0.717) is 34.7 Å². The summed E-state index contributed by atoms with van der Waals surface area (Å²) in [5.74, 6) is 0.611. The molecule has 3 rings (SSSR count). The molecule has 0 saturated heterocycles. The summed E-state index contributed by atoms with van der Waals surface area (Å²) in [5, 5.41) is 13.9. The number of hydrogen-bond donors (Lipinski definition) is 2. The molecule has 5 nitrogen and oxygen atoms in total. The summed E-state index contributed by atoms with van der Waals surface area (Å²) in [4.78, 5) is 8.94. The lowest BCUT2D eigenvalue weighted by Gasteiger charge is -2.16. The molecule has 2 N–H and O–H groups in total. The molecule has 0 radical (unpaired) electrons. The molecule has 1 heterocycles. The van der Waals surface area contributed by atoms with Crippen LogP contribution >= 0.6 is 0 Å². The van der Waals surface area contributed by atoms with Gasteiger partial charge in [-0.05, 0) is 37.3 Å². The van der Waals surface area contributed by atoms with Crippen LogP contribution in [0.4, 0.5) is 10.2 Å². The van der Waals surface area contributed by atoms with Gasteiger partial charge in [0.15, 0.2) is 5.82 Å². The molecule has 24 heavy (non-hydrogen) atoms. The van der Waals surface area contributed by atoms with E-state index in [1.165, 1.54) is 12.1 Å². The number of rotatable bonds is 5. The Bertz CT molecular complexity index is 870. The number of benzene rings is 2. The molecule has 3 aromatic rings. The van der Waals surface area contributed by atoms with E-state index < -0.39 is 0 Å². The van der Waals surface area contributed by atoms with Crippen LogP contribution in [0.3, 0.4) is 0 Å². The molecular weight excluding hydrogens is 309 g/mol. The van der Waals surface area contributed by atoms with Gasteiger partial charge in [-0.25, -0.2) is 14.4 Å². The van der Waals surface area contributed by atoms with Crippen molar-refractivity contribution in [1.29, 1.82) is 0 Å². The summed E-state index contributed by atoms with van der Waals surface area (Å²) in [6.07, 6.45) is 0. The number of anilines is 1. The fourth-order valence-electron chi connectivity index (χ4n) is 2.52. The zero-order valence-electron chi connectivity index (χ0n) is 13.5. The van der Waals surface area contributed by atoms with Gasteiger partial charge in [0.2, 0.25) is 0 Å². The average molecular weight is 327 g/mol. The Labute approximate surface area is 139 Å². The molecule has 0 aliphatic rings. The minimum atomic E-state index is -0.358. The van der Waals surface area contributed by atoms with E-state index in [1.54, 1.807) is 37.4 Å². The van der Waals surface area contributed by atoms with Gasteiger partial charge in [0.05, 0.1) is 17.7 Å². The summed E-state index contributed by atoms with van der Waals surface area (Å²) >= 11 is 0. The van der Waals surface area contributed by atoms with Gasteiger partial charge in [0.25, 0.3) is 0 Å². The number of halogens is 1. The fourth-order valence-corrected chi connectivity index (χ4v) is 2.52. The topological polar surface area (TPSA) is 67.3 Å². The average Bonchev–Trinajstić information content (AvgIpc) is 2.56. The van der Waals surface area contributed by atoms with Crippen molar-refractivity contribution < 1.29 is 14.2 Å². The first-order valence-corrected chi connectivity index (χ1v) is 7.59. The maximum atomic E-state index is 13.6. The zero-order chi connectivity index (χ0) is 17.1. The Hall–Kier alpha value is -2.73. The van der Waals surface area contributed by atoms with Crippen molar-refractivity contribution in [2.24, 2.45) is 0 Å². The number of phenolic OH excluding ortho intramolecular Hbond substituents is 1. The quantitative estimate of drug-likeness (QED) is 0.749. The summed E-state index contributed by atoms with van der Waals surface area (Å²) in [6, 6.07) is 11.2. The lowest BCUT2D eigenvalue weighted by molar-refractivity contribution is 0.190. The first-order chi connectivity index (χ1) is 11.6. The van der Waals surface area contributed by atoms with E-state index in [2.05, 4.69) is 15.3 Å². The maximum absolute atomic E-state index is 13.6. The van der Waals surface area contributed by atoms with Crippen molar-refractivity contribution >= 4 is 16.7 Å². The van der Waals surface area contributed by atoms with Gasteiger partial charge in [-0.1, -0.05) is 12.1 Å². The number of fused-ring (bicyclic) bond motifs is 1. The Morgan fingerprint density at radius 2 is 2.00 bits per heavy atom. The number of nitrogens with one attached hydrogen (secondary N) is 1. The first-order valence-electron chi connectivity index (χ1n) is 7.59. The van der Waals surface area contributed by atoms with E-state index >= 15 is 0 Å². The smallest absolute Gasteiger partial charge is 0.165 e. The molecule has 124 valence electrons. The van der Waals surface area contributed by atoms with Crippen LogP contribution in [0.2, 0.25) is 0 Å². The predicted octanol–water partition coefficient (Wildman–Crippen LogP) is 3.59. The van der Waals surface area contributed by atoms with E-state index in [4.69, 9.17) is 4.74 Å². The lowest BCUT2D eigenvalue weighted by atomic mass is 10.1. The SMILES string of the molecule is COCC(C)Nc1nc(-c2ccccc2O)nc2ccc(F)cc12. The summed E-state index contributed by atoms with van der Waals surface area (Å²) in [7, 11) is 1.61. The molecule has 1 atom stereocenters. The Morgan fingerprint density at radius 1 is 1.21 bits per heavy atom. The third-order valence-corrected chi connectivity index (χ3v) is 3.60. The Balaban J connectivity index is 2.15. The predicted molar refractivity (Wildman–Crippen MR) is 91.6 cm³/mol. The monoisotopic (exact) mass is 327 g/mol. The van der Waals surface area contributed by atoms with Crippen LogP contribution in [0.25, 0.3) is 22.3 Å². The molecule has 1 aromatic heterocycles. The van der Waals surface area contributed by atoms with Crippen molar-refractivity contribution in [3.8, 4) is 17.1 Å². The highest BCUT2D eigenvalue weighted by atomic mass is 19.1. The summed E-state index contributed by atoms with van der Waals surface area (Å²) in [6.45, 7) is 2.42. The van der Waals surface area contributed by atoms with Gasteiger partial charge >= 0.3 is 0 Å². The van der Waals surface area contributed by atoms with E-state index in [1.807, 2.05) is 6.92 Å². The van der Waals surface area contributed by atoms with Crippen molar-refractivity contribution in [2.75, 3.05) is 19.0 Å². The highest BCUT2D eigenvalue weighted by Gasteiger charge is 2.14. The highest BCUT2D eigenvalue weighted by Crippen LogP contribution is 2.30. The molecule has 2 aromatic carbocycles. The number of para-hydroxylation sites is 1. The second-order valence-electron chi connectivity index (χ2n) is 5.58. The van der Waals surface area contributed by atoms with Crippen LogP contribution in [-0.2, 0) is 4.74 Å². The van der Waals surface area contributed by atoms with Crippen LogP contribution < -0.4 is 5.32 Å². The zero-order valence-corrected chi connectivity index (χ0v) is 13.5. The number of aromatic hydroxyl groups is 1. The maximum Gasteiger partial charge on any atom is 0.165 e. The van der Waals surface area contributed by atoms with Gasteiger partial charge in [-0.3, -0.25) is 0 Å². The van der Waals surface area contributed by atoms with Gasteiger partial charge < -0.3 is 15.2 Å². The first kappa shape index (κ1) is 16.1. The Morgan fingerprint density at radius 3 is 2.75 bits per heavy atom. The number of hydrogen-bond acceptors (Lipinski definition) is 5. The number of nitrogens with zero attached hydrogens (tertiary/aromatic N) is 2. The van der Waals surface area contributed by atoms with Crippen LogP contribution in [0.1, 0.15) is 6.92 Å². The standard InChI is InChI=1S/C18H18FN3O2/c1-11(10-24-2)20-18-14-9-12(19)7-8-15(14)21-17(22-18)13-5-3-4-6-16(13)23/h3-9,11,23H,10H2,1-2H3,(H,20,21,22). The Kier molecular flexibility index (Phi) is 4.57. The minimum absolute atomic E-state index is 0.0198. The fraction of sp³-hybridized carbons (Fsp3) is 0.222. The van der Waals surface area contributed by atoms with Gasteiger partial charge in [0, 0.05) is 18.5 Å². The van der Waals surface area contributed by atoms with Crippen LogP contribution in [0, 0.1) is 5.82 Å². The molecule has 0 saturated carbocycles.